The second-order valence-corrected chi connectivity index (χ2v) is 6.75. The fourth-order valence-electron chi connectivity index (χ4n) is 2.58. The van der Waals surface area contributed by atoms with Crippen LogP contribution in [0.3, 0.4) is 0 Å². The summed E-state index contributed by atoms with van der Waals surface area (Å²) in [5.41, 5.74) is 1.66. The molecule has 0 saturated carbocycles. The lowest BCUT2D eigenvalue weighted by atomic mass is 10.1. The highest BCUT2D eigenvalue weighted by atomic mass is 32.2. The number of esters is 1. The first-order valence-corrected chi connectivity index (χ1v) is 9.05. The van der Waals surface area contributed by atoms with E-state index in [1.807, 2.05) is 5.40 Å². The second kappa shape index (κ2) is 9.57. The van der Waals surface area contributed by atoms with Crippen molar-refractivity contribution in [3.05, 3.63) is 57.1 Å². The van der Waals surface area contributed by atoms with Gasteiger partial charge in [0.25, 0.3) is 5.91 Å². The van der Waals surface area contributed by atoms with Gasteiger partial charge in [-0.05, 0) is 61.0 Å². The topological polar surface area (TPSA) is 132 Å². The molecule has 0 aliphatic heterocycles. The van der Waals surface area contributed by atoms with Crippen molar-refractivity contribution in [1.82, 2.24) is 0 Å². The molecule has 0 aliphatic carbocycles. The third-order valence-electron chi connectivity index (χ3n) is 3.87. The van der Waals surface area contributed by atoms with E-state index in [1.54, 1.807) is 26.0 Å². The molecule has 29 heavy (non-hydrogen) atoms. The van der Waals surface area contributed by atoms with E-state index in [1.165, 1.54) is 19.2 Å². The molecule has 0 aliphatic rings. The van der Waals surface area contributed by atoms with Crippen molar-refractivity contribution in [2.45, 2.75) is 18.7 Å². The molecule has 0 heterocycles. The molecule has 0 bridgehead atoms. The predicted octanol–water partition coefficient (Wildman–Crippen LogP) is 3.59. The summed E-state index contributed by atoms with van der Waals surface area (Å²) in [5, 5.41) is 24.7. The van der Waals surface area contributed by atoms with Gasteiger partial charge in [0.2, 0.25) is 0 Å². The third kappa shape index (κ3) is 5.46. The molecule has 2 aromatic carbocycles. The lowest BCUT2D eigenvalue weighted by Crippen LogP contribution is -2.21. The number of thioether (sulfide) groups is 1. The Hall–Kier alpha value is -3.58. The Bertz CT molecular complexity index is 992. The Morgan fingerprint density at radius 1 is 1.24 bits per heavy atom. The maximum Gasteiger partial charge on any atom is 0.338 e. The normalized spacial score (nSPS) is 10.0. The van der Waals surface area contributed by atoms with E-state index in [9.17, 15) is 19.7 Å². The number of nitrogens with one attached hydrogen (secondary N) is 1. The number of thiocyanates is 1. The lowest BCUT2D eigenvalue weighted by molar-refractivity contribution is -0.385. The molecule has 2 rings (SSSR count). The Morgan fingerprint density at radius 3 is 2.45 bits per heavy atom. The van der Waals surface area contributed by atoms with Gasteiger partial charge < -0.3 is 14.8 Å². The zero-order chi connectivity index (χ0) is 21.6. The van der Waals surface area contributed by atoms with E-state index in [4.69, 9.17) is 10.00 Å². The van der Waals surface area contributed by atoms with Gasteiger partial charge >= 0.3 is 11.7 Å². The number of nitriles is 1. The molecule has 0 saturated heterocycles. The molecule has 0 aromatic heterocycles. The number of nitro groups is 1. The van der Waals surface area contributed by atoms with Gasteiger partial charge in [-0.1, -0.05) is 0 Å². The van der Waals surface area contributed by atoms with Crippen molar-refractivity contribution in [2.24, 2.45) is 0 Å². The summed E-state index contributed by atoms with van der Waals surface area (Å²) in [6.07, 6.45) is 0. The van der Waals surface area contributed by atoms with Gasteiger partial charge in [0.15, 0.2) is 12.4 Å². The molecule has 0 spiro atoms. The maximum absolute atomic E-state index is 12.3. The maximum atomic E-state index is 12.3. The highest BCUT2D eigenvalue weighted by Gasteiger charge is 2.20. The molecule has 150 valence electrons. The number of benzene rings is 2. The van der Waals surface area contributed by atoms with Crippen LogP contribution in [0.1, 0.15) is 21.5 Å². The minimum Gasteiger partial charge on any atom is -0.477 e. The Morgan fingerprint density at radius 2 is 1.90 bits per heavy atom. The van der Waals surface area contributed by atoms with Crippen molar-refractivity contribution in [3.8, 4) is 11.2 Å². The zero-order valence-corrected chi connectivity index (χ0v) is 16.7. The van der Waals surface area contributed by atoms with Crippen molar-refractivity contribution < 1.29 is 24.0 Å². The number of aryl methyl sites for hydroxylation is 2. The van der Waals surface area contributed by atoms with Crippen molar-refractivity contribution >= 4 is 35.0 Å². The summed E-state index contributed by atoms with van der Waals surface area (Å²) in [5.74, 6) is -1.38. The first kappa shape index (κ1) is 21.7. The molecular weight excluding hydrogens is 398 g/mol. The summed E-state index contributed by atoms with van der Waals surface area (Å²) in [6.45, 7) is 3.12. The number of ether oxygens (including phenoxy) is 2. The van der Waals surface area contributed by atoms with E-state index < -0.39 is 29.1 Å². The van der Waals surface area contributed by atoms with Crippen molar-refractivity contribution in [1.29, 1.82) is 5.26 Å². The van der Waals surface area contributed by atoms with Crippen LogP contribution >= 0.6 is 11.8 Å². The SMILES string of the molecule is COC(=O)c1ccc(OCC(=O)Nc2c(C)cc(SC#N)cc2C)c([N+](=O)[O-])c1. The average Bonchev–Trinajstić information content (AvgIpc) is 2.68. The number of carbonyl (C=O) groups excluding carboxylic acids is 2. The van der Waals surface area contributed by atoms with Crippen LogP contribution in [0, 0.1) is 34.6 Å². The quantitative estimate of drug-likeness (QED) is 0.239. The largest absolute Gasteiger partial charge is 0.477 e. The van der Waals surface area contributed by atoms with Gasteiger partial charge in [-0.25, -0.2) is 4.79 Å². The molecular formula is C19H17N3O6S. The van der Waals surface area contributed by atoms with E-state index in [-0.39, 0.29) is 11.3 Å². The second-order valence-electron chi connectivity index (χ2n) is 5.89. The molecule has 2 aromatic rings. The molecule has 9 nitrogen and oxygen atoms in total. The summed E-state index contributed by atoms with van der Waals surface area (Å²) in [4.78, 5) is 35.1. The van der Waals surface area contributed by atoms with Gasteiger partial charge in [-0.15, -0.1) is 0 Å². The highest BCUT2D eigenvalue weighted by molar-refractivity contribution is 8.03. The monoisotopic (exact) mass is 415 g/mol. The number of nitro benzene ring substituents is 1. The molecule has 1 amide bonds. The lowest BCUT2D eigenvalue weighted by Gasteiger charge is -2.13. The predicted molar refractivity (Wildman–Crippen MR) is 106 cm³/mol. The zero-order valence-electron chi connectivity index (χ0n) is 15.8. The van der Waals surface area contributed by atoms with Crippen LogP contribution in [0.5, 0.6) is 5.75 Å². The van der Waals surface area contributed by atoms with Crippen LogP contribution in [-0.2, 0) is 9.53 Å². The highest BCUT2D eigenvalue weighted by Crippen LogP contribution is 2.29. The van der Waals surface area contributed by atoms with Gasteiger partial charge in [0, 0.05) is 16.6 Å². The fraction of sp³-hybridized carbons (Fsp3) is 0.211. The van der Waals surface area contributed by atoms with Crippen molar-refractivity contribution in [2.75, 3.05) is 19.0 Å². The molecule has 0 fully saturated rings. The Balaban J connectivity index is 2.13. The third-order valence-corrected chi connectivity index (χ3v) is 4.43. The number of rotatable bonds is 7. The molecule has 0 atom stereocenters. The van der Waals surface area contributed by atoms with Gasteiger partial charge in [0.05, 0.1) is 17.6 Å². The van der Waals surface area contributed by atoms with Crippen LogP contribution in [0.2, 0.25) is 0 Å². The number of anilines is 1. The number of hydrogen-bond acceptors (Lipinski definition) is 8. The van der Waals surface area contributed by atoms with Gasteiger partial charge in [-0.2, -0.15) is 5.26 Å². The minimum absolute atomic E-state index is 0.00224. The average molecular weight is 415 g/mol. The number of methoxy groups -OCH3 is 1. The number of carbonyl (C=O) groups is 2. The Labute approximate surface area is 170 Å². The summed E-state index contributed by atoms with van der Waals surface area (Å²) < 4.78 is 9.83. The summed E-state index contributed by atoms with van der Waals surface area (Å²) in [6, 6.07) is 7.12. The fourth-order valence-corrected chi connectivity index (χ4v) is 3.16. The van der Waals surface area contributed by atoms with Crippen LogP contribution < -0.4 is 10.1 Å². The van der Waals surface area contributed by atoms with E-state index >= 15 is 0 Å². The molecule has 0 radical (unpaired) electrons. The first-order chi connectivity index (χ1) is 13.8. The molecule has 1 N–H and O–H groups in total. The number of amides is 1. The van der Waals surface area contributed by atoms with Crippen LogP contribution in [0.25, 0.3) is 0 Å². The first-order valence-electron chi connectivity index (χ1n) is 8.23. The van der Waals surface area contributed by atoms with Crippen molar-refractivity contribution in [3.63, 3.8) is 0 Å². The molecule has 10 heteroatoms. The van der Waals surface area contributed by atoms with Crippen LogP contribution in [0.15, 0.2) is 35.2 Å². The van der Waals surface area contributed by atoms with E-state index in [0.29, 0.717) is 5.69 Å². The smallest absolute Gasteiger partial charge is 0.338 e. The summed E-state index contributed by atoms with van der Waals surface area (Å²) in [7, 11) is 1.17. The molecule has 0 unspecified atom stereocenters. The summed E-state index contributed by atoms with van der Waals surface area (Å²) >= 11 is 1.02. The van der Waals surface area contributed by atoms with Gasteiger partial charge in [-0.3, -0.25) is 14.9 Å². The van der Waals surface area contributed by atoms with E-state index in [2.05, 4.69) is 10.1 Å². The number of nitrogens with zero attached hydrogens (tertiary/aromatic N) is 2. The van der Waals surface area contributed by atoms with Gasteiger partial charge in [0.1, 0.15) is 5.40 Å². The van der Waals surface area contributed by atoms with Crippen LogP contribution in [-0.4, -0.2) is 30.5 Å². The minimum atomic E-state index is -0.721. The Kier molecular flexibility index (Phi) is 7.16. The van der Waals surface area contributed by atoms with Crippen LogP contribution in [0.4, 0.5) is 11.4 Å². The van der Waals surface area contributed by atoms with E-state index in [0.717, 1.165) is 33.9 Å². The standard InChI is InChI=1S/C19H17N3O6S/c1-11-6-14(29-10-20)7-12(2)18(11)21-17(23)9-28-16-5-4-13(19(24)27-3)8-15(16)22(25)26/h4-8H,9H2,1-3H3,(H,21,23). The number of hydrogen-bond donors (Lipinski definition) is 1.